The third-order valence-corrected chi connectivity index (χ3v) is 5.60. The number of hydrogen-bond acceptors (Lipinski definition) is 4. The molecular formula is C18H17F5N2O3S. The summed E-state index contributed by atoms with van der Waals surface area (Å²) in [5, 5.41) is 2.25. The van der Waals surface area contributed by atoms with E-state index in [-0.39, 0.29) is 22.0 Å². The molecule has 0 radical (unpaired) electrons. The third kappa shape index (κ3) is 6.48. The molecular weight excluding hydrogens is 419 g/mol. The predicted octanol–water partition coefficient (Wildman–Crippen LogP) is 3.98. The summed E-state index contributed by atoms with van der Waals surface area (Å²) in [4.78, 5) is 14.7. The third-order valence-electron chi connectivity index (χ3n) is 3.86. The molecule has 0 aliphatic heterocycles. The lowest BCUT2D eigenvalue weighted by Gasteiger charge is -2.12. The number of rotatable bonds is 7. The van der Waals surface area contributed by atoms with Gasteiger partial charge in [0.05, 0.1) is 28.5 Å². The van der Waals surface area contributed by atoms with Gasteiger partial charge in [0.15, 0.2) is 0 Å². The van der Waals surface area contributed by atoms with Crippen LogP contribution in [-0.2, 0) is 27.1 Å². The van der Waals surface area contributed by atoms with Crippen molar-refractivity contribution in [1.82, 2.24) is 10.3 Å². The van der Waals surface area contributed by atoms with E-state index in [1.54, 1.807) is 0 Å². The fourth-order valence-electron chi connectivity index (χ4n) is 2.28. The van der Waals surface area contributed by atoms with Crippen LogP contribution in [0.3, 0.4) is 0 Å². The summed E-state index contributed by atoms with van der Waals surface area (Å²) in [5.74, 6) is -4.03. The van der Waals surface area contributed by atoms with Gasteiger partial charge in [0.25, 0.3) is 5.92 Å². The SMILES string of the molecule is CC(F)(F)c1cccc(S(=O)(=O)c2ccc(CNC(=O)CCC(F)(F)F)nc2)c1. The molecule has 1 amide bonds. The van der Waals surface area contributed by atoms with E-state index in [2.05, 4.69) is 10.3 Å². The maximum Gasteiger partial charge on any atom is 0.389 e. The standard InChI is InChI=1S/C18H17F5N2O3S/c1-17(19,20)12-3-2-4-14(9-12)29(27,28)15-6-5-13(24-11-15)10-25-16(26)7-8-18(21,22)23/h2-6,9,11H,7-8,10H2,1H3,(H,25,26). The highest BCUT2D eigenvalue weighted by Crippen LogP contribution is 2.30. The Balaban J connectivity index is 2.09. The second-order valence-electron chi connectivity index (χ2n) is 6.30. The molecule has 0 atom stereocenters. The highest BCUT2D eigenvalue weighted by Gasteiger charge is 2.28. The van der Waals surface area contributed by atoms with E-state index in [1.165, 1.54) is 24.3 Å². The van der Waals surface area contributed by atoms with Gasteiger partial charge >= 0.3 is 6.18 Å². The van der Waals surface area contributed by atoms with Gasteiger partial charge in [-0.05, 0) is 24.3 Å². The number of carbonyl (C=O) groups is 1. The van der Waals surface area contributed by atoms with Gasteiger partial charge in [0.2, 0.25) is 15.7 Å². The molecule has 0 saturated heterocycles. The average Bonchev–Trinajstić information content (AvgIpc) is 2.64. The van der Waals surface area contributed by atoms with Crippen molar-refractivity contribution in [3.05, 3.63) is 53.9 Å². The van der Waals surface area contributed by atoms with E-state index >= 15 is 0 Å². The van der Waals surface area contributed by atoms with Gasteiger partial charge in [0, 0.05) is 25.1 Å². The van der Waals surface area contributed by atoms with Crippen LogP contribution in [0.25, 0.3) is 0 Å². The topological polar surface area (TPSA) is 76.1 Å². The van der Waals surface area contributed by atoms with Crippen molar-refractivity contribution in [1.29, 1.82) is 0 Å². The Morgan fingerprint density at radius 1 is 1.07 bits per heavy atom. The zero-order chi connectivity index (χ0) is 21.9. The summed E-state index contributed by atoms with van der Waals surface area (Å²) in [6.07, 6.45) is -5.43. The van der Waals surface area contributed by atoms with E-state index in [0.29, 0.717) is 6.92 Å². The molecule has 0 fully saturated rings. The van der Waals surface area contributed by atoms with Gasteiger partial charge < -0.3 is 5.32 Å². The summed E-state index contributed by atoms with van der Waals surface area (Å²) in [5.41, 5.74) is -0.233. The zero-order valence-corrected chi connectivity index (χ0v) is 15.9. The zero-order valence-electron chi connectivity index (χ0n) is 15.1. The maximum absolute atomic E-state index is 13.4. The first kappa shape index (κ1) is 22.7. The number of pyridine rings is 1. The number of sulfone groups is 1. The number of halogens is 5. The molecule has 5 nitrogen and oxygen atoms in total. The molecule has 158 valence electrons. The second kappa shape index (κ2) is 8.44. The van der Waals surface area contributed by atoms with Crippen molar-refractivity contribution in [2.45, 2.75) is 48.2 Å². The van der Waals surface area contributed by atoms with Gasteiger partial charge in [0.1, 0.15) is 0 Å². The Labute approximate surface area is 163 Å². The molecule has 1 N–H and O–H groups in total. The van der Waals surface area contributed by atoms with E-state index in [9.17, 15) is 35.2 Å². The van der Waals surface area contributed by atoms with E-state index in [0.717, 1.165) is 18.3 Å². The minimum atomic E-state index is -4.44. The van der Waals surface area contributed by atoms with Crippen LogP contribution in [0.15, 0.2) is 52.4 Å². The summed E-state index contributed by atoms with van der Waals surface area (Å²) < 4.78 is 88.3. The van der Waals surface area contributed by atoms with E-state index in [1.807, 2.05) is 0 Å². The van der Waals surface area contributed by atoms with Gasteiger partial charge in [-0.2, -0.15) is 13.2 Å². The maximum atomic E-state index is 13.4. The number of nitrogens with zero attached hydrogens (tertiary/aromatic N) is 1. The Kier molecular flexibility index (Phi) is 6.61. The normalized spacial score (nSPS) is 12.6. The van der Waals surface area contributed by atoms with Crippen molar-refractivity contribution >= 4 is 15.7 Å². The molecule has 0 saturated carbocycles. The molecule has 2 rings (SSSR count). The smallest absolute Gasteiger partial charge is 0.350 e. The Bertz CT molecular complexity index is 968. The number of amides is 1. The molecule has 0 bridgehead atoms. The molecule has 29 heavy (non-hydrogen) atoms. The number of benzene rings is 1. The second-order valence-corrected chi connectivity index (χ2v) is 8.25. The first-order valence-corrected chi connectivity index (χ1v) is 9.79. The van der Waals surface area contributed by atoms with E-state index < -0.39 is 46.2 Å². The highest BCUT2D eigenvalue weighted by atomic mass is 32.2. The number of carbonyl (C=O) groups excluding carboxylic acids is 1. The fourth-order valence-corrected chi connectivity index (χ4v) is 3.53. The van der Waals surface area contributed by atoms with Crippen LogP contribution in [0.1, 0.15) is 31.0 Å². The Morgan fingerprint density at radius 3 is 2.31 bits per heavy atom. The molecule has 1 aromatic heterocycles. The lowest BCUT2D eigenvalue weighted by atomic mass is 10.1. The minimum Gasteiger partial charge on any atom is -0.350 e. The predicted molar refractivity (Wildman–Crippen MR) is 92.8 cm³/mol. The molecule has 2 aromatic rings. The number of hydrogen-bond donors (Lipinski definition) is 1. The quantitative estimate of drug-likeness (QED) is 0.666. The summed E-state index contributed by atoms with van der Waals surface area (Å²) in [6, 6.07) is 6.83. The number of alkyl halides is 5. The molecule has 11 heteroatoms. The minimum absolute atomic E-state index is 0.186. The summed E-state index contributed by atoms with van der Waals surface area (Å²) in [7, 11) is -4.10. The van der Waals surface area contributed by atoms with Crippen molar-refractivity contribution in [2.24, 2.45) is 0 Å². The van der Waals surface area contributed by atoms with Gasteiger partial charge in [-0.25, -0.2) is 17.2 Å². The van der Waals surface area contributed by atoms with E-state index in [4.69, 9.17) is 0 Å². The molecule has 0 aliphatic carbocycles. The number of nitrogens with one attached hydrogen (secondary N) is 1. The first-order chi connectivity index (χ1) is 13.3. The first-order valence-electron chi connectivity index (χ1n) is 8.31. The Morgan fingerprint density at radius 2 is 1.76 bits per heavy atom. The fraction of sp³-hybridized carbons (Fsp3) is 0.333. The van der Waals surface area contributed by atoms with Crippen molar-refractivity contribution in [3.8, 4) is 0 Å². The van der Waals surface area contributed by atoms with Gasteiger partial charge in [-0.1, -0.05) is 12.1 Å². The largest absolute Gasteiger partial charge is 0.389 e. The lowest BCUT2D eigenvalue weighted by Crippen LogP contribution is -2.25. The van der Waals surface area contributed by atoms with Crippen LogP contribution in [0.2, 0.25) is 0 Å². The highest BCUT2D eigenvalue weighted by molar-refractivity contribution is 7.91. The van der Waals surface area contributed by atoms with Crippen molar-refractivity contribution in [3.63, 3.8) is 0 Å². The molecule has 0 unspecified atom stereocenters. The molecule has 1 heterocycles. The van der Waals surface area contributed by atoms with Crippen LogP contribution < -0.4 is 5.32 Å². The monoisotopic (exact) mass is 436 g/mol. The van der Waals surface area contributed by atoms with Crippen LogP contribution in [0.5, 0.6) is 0 Å². The Hall–Kier alpha value is -2.56. The van der Waals surface area contributed by atoms with Crippen molar-refractivity contribution in [2.75, 3.05) is 0 Å². The van der Waals surface area contributed by atoms with Crippen LogP contribution in [0.4, 0.5) is 22.0 Å². The number of aromatic nitrogens is 1. The lowest BCUT2D eigenvalue weighted by molar-refractivity contribution is -0.144. The van der Waals surface area contributed by atoms with Crippen LogP contribution in [0, 0.1) is 0 Å². The van der Waals surface area contributed by atoms with Crippen LogP contribution in [-0.4, -0.2) is 25.5 Å². The molecule has 1 aromatic carbocycles. The summed E-state index contributed by atoms with van der Waals surface area (Å²) in [6.45, 7) is 0.465. The van der Waals surface area contributed by atoms with Crippen molar-refractivity contribution < 1.29 is 35.2 Å². The molecule has 0 aliphatic rings. The summed E-state index contributed by atoms with van der Waals surface area (Å²) >= 11 is 0. The average molecular weight is 436 g/mol. The molecule has 0 spiro atoms. The van der Waals surface area contributed by atoms with Crippen LogP contribution >= 0.6 is 0 Å². The van der Waals surface area contributed by atoms with Gasteiger partial charge in [-0.3, -0.25) is 9.78 Å². The van der Waals surface area contributed by atoms with Gasteiger partial charge in [-0.15, -0.1) is 0 Å².